The average Bonchev–Trinajstić information content (AvgIpc) is 2.55. The van der Waals surface area contributed by atoms with Gasteiger partial charge >= 0.3 is 13.7 Å². The van der Waals surface area contributed by atoms with E-state index in [4.69, 9.17) is 15.9 Å². The number of anilines is 1. The van der Waals surface area contributed by atoms with Gasteiger partial charge in [-0.2, -0.15) is 0 Å². The van der Waals surface area contributed by atoms with Gasteiger partial charge < -0.3 is 25.8 Å². The molecule has 0 radical (unpaired) electrons. The lowest BCUT2D eigenvalue weighted by Crippen LogP contribution is -2.27. The Balaban J connectivity index is 0.000000543. The number of nitrogens with one attached hydrogen (secondary N) is 1. The van der Waals surface area contributed by atoms with Crippen molar-refractivity contribution in [3.63, 3.8) is 0 Å². The lowest BCUT2D eigenvalue weighted by Gasteiger charge is -2.12. The van der Waals surface area contributed by atoms with Crippen LogP contribution in [0, 0.1) is 5.92 Å². The molecule has 0 spiro atoms. The lowest BCUT2D eigenvalue weighted by atomic mass is 10.1. The number of rotatable bonds is 7. The minimum absolute atomic E-state index is 0. The van der Waals surface area contributed by atoms with Crippen LogP contribution in [-0.2, 0) is 9.45 Å². The van der Waals surface area contributed by atoms with Crippen molar-refractivity contribution in [3.8, 4) is 0 Å². The third-order valence-corrected chi connectivity index (χ3v) is 3.52. The van der Waals surface area contributed by atoms with Gasteiger partial charge in [-0.1, -0.05) is 50.2 Å². The first-order chi connectivity index (χ1) is 11.8. The summed E-state index contributed by atoms with van der Waals surface area (Å²) in [6, 6.07) is 13.1. The zero-order valence-corrected chi connectivity index (χ0v) is 16.2. The molecule has 0 aliphatic carbocycles. The van der Waals surface area contributed by atoms with E-state index in [1.165, 1.54) is 0 Å². The van der Waals surface area contributed by atoms with Gasteiger partial charge in [0.25, 0.3) is 0 Å². The first kappa shape index (κ1) is 24.2. The SMILES string of the molecule is CC(C)C[C@H](N)OBO.C[C@H](Nc1cccc2ccccc12)C(=O)O.Cl. The second-order valence-electron chi connectivity index (χ2n) is 6.19. The molecule has 2 aromatic carbocycles. The monoisotopic (exact) mass is 382 g/mol. The summed E-state index contributed by atoms with van der Waals surface area (Å²) in [5.74, 6) is -0.334. The molecule has 0 aliphatic heterocycles. The molecule has 2 atom stereocenters. The van der Waals surface area contributed by atoms with Crippen LogP contribution in [0.25, 0.3) is 10.8 Å². The number of hydrogen-bond donors (Lipinski definition) is 4. The van der Waals surface area contributed by atoms with Crippen LogP contribution >= 0.6 is 12.4 Å². The summed E-state index contributed by atoms with van der Waals surface area (Å²) in [7, 11) is -0.284. The summed E-state index contributed by atoms with van der Waals surface area (Å²) in [6.45, 7) is 5.74. The molecule has 0 bridgehead atoms. The van der Waals surface area contributed by atoms with Crippen LogP contribution in [0.2, 0.25) is 0 Å². The van der Waals surface area contributed by atoms with E-state index in [-0.39, 0.29) is 26.3 Å². The number of benzene rings is 2. The van der Waals surface area contributed by atoms with E-state index in [0.717, 1.165) is 22.9 Å². The van der Waals surface area contributed by atoms with Crippen molar-refractivity contribution in [1.29, 1.82) is 0 Å². The van der Waals surface area contributed by atoms with E-state index in [0.29, 0.717) is 5.92 Å². The lowest BCUT2D eigenvalue weighted by molar-refractivity contribution is -0.137. The van der Waals surface area contributed by atoms with Crippen molar-refractivity contribution in [1.82, 2.24) is 0 Å². The van der Waals surface area contributed by atoms with Gasteiger partial charge in [0.05, 0.1) is 6.23 Å². The van der Waals surface area contributed by atoms with Crippen LogP contribution in [0.15, 0.2) is 42.5 Å². The molecule has 0 amide bonds. The van der Waals surface area contributed by atoms with Gasteiger partial charge in [0, 0.05) is 11.1 Å². The van der Waals surface area contributed by atoms with Gasteiger partial charge in [0.2, 0.25) is 0 Å². The largest absolute Gasteiger partial charge is 0.480 e. The number of carboxylic acids is 1. The normalized spacial score (nSPS) is 12.4. The summed E-state index contributed by atoms with van der Waals surface area (Å²) in [4.78, 5) is 10.8. The van der Waals surface area contributed by atoms with Crippen molar-refractivity contribution in [2.75, 3.05) is 5.32 Å². The standard InChI is InChI=1S/C13H13NO2.C5H14BNO2.ClH/c1-9(13(15)16)14-12-8-4-6-10-5-2-3-7-11(10)12;1-4(2)3-5(7)9-6-8;/h2-9,14H,1H3,(H,15,16);4-6,8H,3,7H2,1-2H3;1H/t9-;5-;/m01./s1. The molecule has 0 fully saturated rings. The number of halogens is 1. The minimum Gasteiger partial charge on any atom is -0.480 e. The Labute approximate surface area is 161 Å². The van der Waals surface area contributed by atoms with E-state index in [9.17, 15) is 4.79 Å². The summed E-state index contributed by atoms with van der Waals surface area (Å²) in [5, 5.41) is 22.2. The average molecular weight is 383 g/mol. The number of hydrogen-bond acceptors (Lipinski definition) is 5. The molecule has 0 unspecified atom stereocenters. The minimum atomic E-state index is -0.854. The van der Waals surface area contributed by atoms with Crippen LogP contribution in [0.1, 0.15) is 27.2 Å². The van der Waals surface area contributed by atoms with Crippen molar-refractivity contribution < 1.29 is 19.6 Å². The van der Waals surface area contributed by atoms with Gasteiger partial charge in [0.1, 0.15) is 6.04 Å². The molecular formula is C18H28BClN2O4. The molecule has 0 aromatic heterocycles. The second kappa shape index (κ2) is 12.5. The van der Waals surface area contributed by atoms with Crippen LogP contribution in [-0.4, -0.2) is 36.1 Å². The third kappa shape index (κ3) is 8.53. The first-order valence-corrected chi connectivity index (χ1v) is 8.30. The third-order valence-electron chi connectivity index (χ3n) is 3.52. The van der Waals surface area contributed by atoms with E-state index in [2.05, 4.69) is 23.8 Å². The molecule has 0 aliphatic rings. The van der Waals surface area contributed by atoms with Crippen LogP contribution in [0.4, 0.5) is 5.69 Å². The highest BCUT2D eigenvalue weighted by Gasteiger charge is 2.11. The topological polar surface area (TPSA) is 105 Å². The highest BCUT2D eigenvalue weighted by atomic mass is 35.5. The molecule has 8 heteroatoms. The Morgan fingerprint density at radius 3 is 2.38 bits per heavy atom. The molecule has 5 N–H and O–H groups in total. The smallest absolute Gasteiger partial charge is 0.436 e. The summed E-state index contributed by atoms with van der Waals surface area (Å²) >= 11 is 0. The first-order valence-electron chi connectivity index (χ1n) is 8.30. The molecule has 2 rings (SSSR count). The van der Waals surface area contributed by atoms with Crippen LogP contribution < -0.4 is 11.1 Å². The Hall–Kier alpha value is -1.80. The van der Waals surface area contributed by atoms with E-state index in [1.54, 1.807) is 6.92 Å². The summed E-state index contributed by atoms with van der Waals surface area (Å²) < 4.78 is 4.69. The molecule has 0 saturated carbocycles. The van der Waals surface area contributed by atoms with Gasteiger partial charge in [0.15, 0.2) is 0 Å². The Morgan fingerprint density at radius 2 is 1.81 bits per heavy atom. The summed E-state index contributed by atoms with van der Waals surface area (Å²) in [5.41, 5.74) is 6.26. The van der Waals surface area contributed by atoms with Gasteiger partial charge in [-0.25, -0.2) is 0 Å². The van der Waals surface area contributed by atoms with Crippen LogP contribution in [0.3, 0.4) is 0 Å². The second-order valence-corrected chi connectivity index (χ2v) is 6.19. The van der Waals surface area contributed by atoms with Crippen molar-refractivity contribution >= 4 is 42.5 Å². The van der Waals surface area contributed by atoms with E-state index < -0.39 is 12.0 Å². The van der Waals surface area contributed by atoms with Gasteiger partial charge in [-0.05, 0) is 30.7 Å². The maximum atomic E-state index is 10.8. The zero-order chi connectivity index (χ0) is 18.8. The zero-order valence-electron chi connectivity index (χ0n) is 15.4. The number of carboxylic acid groups (broad SMARTS) is 1. The fraction of sp³-hybridized carbons (Fsp3) is 0.389. The van der Waals surface area contributed by atoms with Crippen molar-refractivity contribution in [2.45, 2.75) is 39.5 Å². The highest BCUT2D eigenvalue weighted by molar-refractivity contribution is 6.15. The number of nitrogens with two attached hydrogens (primary N) is 1. The van der Waals surface area contributed by atoms with Gasteiger partial charge in [-0.15, -0.1) is 12.4 Å². The number of aliphatic carboxylic acids is 1. The quantitative estimate of drug-likeness (QED) is 0.433. The Kier molecular flexibility index (Phi) is 11.7. The maximum Gasteiger partial charge on any atom is 0.436 e. The highest BCUT2D eigenvalue weighted by Crippen LogP contribution is 2.23. The molecule has 2 aromatic rings. The number of fused-ring (bicyclic) bond motifs is 1. The number of carbonyl (C=O) groups is 1. The molecule has 0 saturated heterocycles. The molecule has 144 valence electrons. The molecule has 6 nitrogen and oxygen atoms in total. The molecule has 0 heterocycles. The van der Waals surface area contributed by atoms with Crippen molar-refractivity contribution in [2.24, 2.45) is 11.7 Å². The van der Waals surface area contributed by atoms with E-state index >= 15 is 0 Å². The molecular weight excluding hydrogens is 354 g/mol. The fourth-order valence-electron chi connectivity index (χ4n) is 2.27. The molecule has 26 heavy (non-hydrogen) atoms. The van der Waals surface area contributed by atoms with E-state index in [1.807, 2.05) is 42.5 Å². The Bertz CT molecular complexity index is 667. The predicted molar refractivity (Wildman–Crippen MR) is 110 cm³/mol. The maximum absolute atomic E-state index is 10.8. The summed E-state index contributed by atoms with van der Waals surface area (Å²) in [6.07, 6.45) is 0.482. The Morgan fingerprint density at radius 1 is 1.19 bits per heavy atom. The van der Waals surface area contributed by atoms with Crippen LogP contribution in [0.5, 0.6) is 0 Å². The van der Waals surface area contributed by atoms with Gasteiger partial charge in [-0.3, -0.25) is 4.79 Å². The van der Waals surface area contributed by atoms with Crippen molar-refractivity contribution in [3.05, 3.63) is 42.5 Å². The predicted octanol–water partition coefficient (Wildman–Crippen LogP) is 2.74. The fourth-order valence-corrected chi connectivity index (χ4v) is 2.27.